The number of Topliss-reactive ketones (excluding diaryl/α,β-unsaturated/α-hetero) is 2. The quantitative estimate of drug-likeness (QED) is 0.0987. The second kappa shape index (κ2) is 8.94. The molecule has 4 unspecified atom stereocenters. The first-order valence-electron chi connectivity index (χ1n) is 11.3. The number of aliphatic hydroxyl groups excluding tert-OH is 1. The minimum atomic E-state index is -2.89. The number of aromatic hydroxyl groups is 1. The summed E-state index contributed by atoms with van der Waals surface area (Å²) in [5.41, 5.74) is 6.33. The lowest BCUT2D eigenvalue weighted by Gasteiger charge is -2.54. The van der Waals surface area contributed by atoms with E-state index in [1.54, 1.807) is 19.6 Å². The molecule has 1 fully saturated rings. The number of anilines is 1. The van der Waals surface area contributed by atoms with Gasteiger partial charge in [0.1, 0.15) is 23.6 Å². The Kier molecular flexibility index (Phi) is 6.39. The number of ketones is 2. The molecule has 36 heavy (non-hydrogen) atoms. The molecule has 0 spiro atoms. The summed E-state index contributed by atoms with van der Waals surface area (Å²) >= 11 is 0. The van der Waals surface area contributed by atoms with E-state index in [9.17, 15) is 39.6 Å². The van der Waals surface area contributed by atoms with Gasteiger partial charge in [0, 0.05) is 0 Å². The first-order chi connectivity index (χ1) is 16.8. The van der Waals surface area contributed by atoms with Crippen molar-refractivity contribution >= 4 is 29.1 Å². The van der Waals surface area contributed by atoms with Crippen LogP contribution in [0.4, 0.5) is 5.69 Å². The van der Waals surface area contributed by atoms with E-state index in [0.29, 0.717) is 5.56 Å². The Morgan fingerprint density at radius 1 is 1.14 bits per heavy atom. The molecule has 9 N–H and O–H groups in total. The summed E-state index contributed by atoms with van der Waals surface area (Å²) in [6.07, 6.45) is 0.273. The number of fused-ring (bicyclic) bond motifs is 3. The number of nitrogens with two attached hydrogens (primary N) is 1. The molecule has 1 aromatic carbocycles. The summed E-state index contributed by atoms with van der Waals surface area (Å²) in [5, 5.41) is 55.4. The van der Waals surface area contributed by atoms with E-state index in [-0.39, 0.29) is 24.1 Å². The zero-order chi connectivity index (χ0) is 26.7. The number of phenols is 1. The van der Waals surface area contributed by atoms with Gasteiger partial charge in [-0.05, 0) is 50.4 Å². The van der Waals surface area contributed by atoms with Crippen molar-refractivity contribution in [3.63, 3.8) is 0 Å². The van der Waals surface area contributed by atoms with E-state index < -0.39 is 82.5 Å². The second-order valence-corrected chi connectivity index (χ2v) is 9.74. The zero-order valence-corrected chi connectivity index (χ0v) is 19.6. The van der Waals surface area contributed by atoms with Crippen molar-refractivity contribution in [1.29, 1.82) is 0 Å². The maximum absolute atomic E-state index is 13.6. The minimum absolute atomic E-state index is 0.120. The third-order valence-electron chi connectivity index (χ3n) is 7.45. The lowest BCUT2D eigenvalue weighted by molar-refractivity contribution is -0.265. The molecule has 0 aliphatic heterocycles. The summed E-state index contributed by atoms with van der Waals surface area (Å²) < 4.78 is 0. The number of likely N-dealkylation sites (N-methyl/N-ethyl adjacent to an activating group) is 1. The number of phenolic OH excluding ortho intramolecular Hbond substituents is 1. The van der Waals surface area contributed by atoms with Gasteiger partial charge in [0.2, 0.25) is 5.91 Å². The van der Waals surface area contributed by atoms with E-state index in [1.165, 1.54) is 17.0 Å². The molecule has 0 radical (unpaired) electrons. The number of primary amides is 1. The molecule has 0 saturated heterocycles. The Bertz CT molecular complexity index is 1190. The van der Waals surface area contributed by atoms with Crippen molar-refractivity contribution in [2.24, 2.45) is 29.4 Å². The van der Waals surface area contributed by atoms with Crippen LogP contribution in [-0.2, 0) is 20.8 Å². The van der Waals surface area contributed by atoms with Crippen LogP contribution in [0.2, 0.25) is 0 Å². The van der Waals surface area contributed by atoms with Gasteiger partial charge in [-0.25, -0.2) is 0 Å². The van der Waals surface area contributed by atoms with Gasteiger partial charge in [-0.15, -0.1) is 0 Å². The minimum Gasteiger partial charge on any atom is -0.511 e. The molecule has 4 rings (SSSR count). The smallest absolute Gasteiger partial charge is 0.255 e. The second-order valence-electron chi connectivity index (χ2n) is 9.74. The van der Waals surface area contributed by atoms with Crippen molar-refractivity contribution in [2.45, 2.75) is 24.7 Å². The standard InChI is InChI=1S/C23H28N4O9/c1-27(2)17-10-6-9-5-8-3-4-11(26-12(28)7-25-36)18(29)13(8)19(30)15(9)23(34,35)16(10)20(31)14(21(17)32)22(24)33/h3-4,9-10,15-17,25,29,31,34-36H,5-7H2,1-2H3,(H2,24,33)(H,26,28)/t9?,10?,15?,16?,17-/m0/s1. The Morgan fingerprint density at radius 3 is 2.39 bits per heavy atom. The van der Waals surface area contributed by atoms with E-state index in [2.05, 4.69) is 5.32 Å². The number of carbonyl (C=O) groups is 4. The zero-order valence-electron chi connectivity index (χ0n) is 19.6. The van der Waals surface area contributed by atoms with Crippen molar-refractivity contribution < 1.29 is 44.8 Å². The molecule has 1 saturated carbocycles. The van der Waals surface area contributed by atoms with Gasteiger partial charge >= 0.3 is 0 Å². The average molecular weight is 504 g/mol. The lowest BCUT2D eigenvalue weighted by Crippen LogP contribution is -2.65. The van der Waals surface area contributed by atoms with Gasteiger partial charge < -0.3 is 36.7 Å². The monoisotopic (exact) mass is 504 g/mol. The average Bonchev–Trinajstić information content (AvgIpc) is 2.74. The van der Waals surface area contributed by atoms with E-state index in [1.807, 2.05) is 0 Å². The topological polar surface area (TPSA) is 223 Å². The Hall–Kier alpha value is -3.36. The number of hydrogen-bond donors (Lipinski definition) is 8. The Morgan fingerprint density at radius 2 is 1.81 bits per heavy atom. The molecule has 194 valence electrons. The fourth-order valence-corrected chi connectivity index (χ4v) is 6.17. The fourth-order valence-electron chi connectivity index (χ4n) is 6.17. The van der Waals surface area contributed by atoms with Crippen molar-refractivity contribution in [3.05, 3.63) is 34.6 Å². The first kappa shape index (κ1) is 25.7. The molecular formula is C23H28N4O9. The molecule has 0 aromatic heterocycles. The summed E-state index contributed by atoms with van der Waals surface area (Å²) in [6.45, 7) is -0.478. The summed E-state index contributed by atoms with van der Waals surface area (Å²) in [7, 11) is 3.15. The number of nitrogens with one attached hydrogen (secondary N) is 2. The number of benzene rings is 1. The highest BCUT2D eigenvalue weighted by molar-refractivity contribution is 6.21. The predicted octanol–water partition coefficient (Wildman–Crippen LogP) is -1.59. The van der Waals surface area contributed by atoms with E-state index >= 15 is 0 Å². The van der Waals surface area contributed by atoms with E-state index in [4.69, 9.17) is 10.9 Å². The fraction of sp³-hybridized carbons (Fsp3) is 0.478. The van der Waals surface area contributed by atoms with Gasteiger partial charge in [0.15, 0.2) is 17.4 Å². The Labute approximate surface area is 205 Å². The van der Waals surface area contributed by atoms with Crippen LogP contribution in [0, 0.1) is 23.7 Å². The molecule has 2 amide bonds. The molecule has 0 heterocycles. The normalized spacial score (nSPS) is 28.9. The van der Waals surface area contributed by atoms with Gasteiger partial charge in [-0.2, -0.15) is 5.48 Å². The number of aliphatic hydroxyl groups is 3. The number of rotatable bonds is 5. The molecule has 13 heteroatoms. The molecule has 3 aliphatic rings. The lowest BCUT2D eigenvalue weighted by atomic mass is 9.54. The van der Waals surface area contributed by atoms with Crippen LogP contribution in [0.25, 0.3) is 0 Å². The van der Waals surface area contributed by atoms with Gasteiger partial charge in [0.25, 0.3) is 5.91 Å². The van der Waals surface area contributed by atoms with Crippen LogP contribution < -0.4 is 16.5 Å². The summed E-state index contributed by atoms with van der Waals surface area (Å²) in [5.74, 6) is -12.5. The van der Waals surface area contributed by atoms with Gasteiger partial charge in [0.05, 0.1) is 29.1 Å². The van der Waals surface area contributed by atoms with E-state index in [0.717, 1.165) is 0 Å². The van der Waals surface area contributed by atoms with Crippen LogP contribution in [0.3, 0.4) is 0 Å². The largest absolute Gasteiger partial charge is 0.511 e. The third kappa shape index (κ3) is 3.76. The van der Waals surface area contributed by atoms with Gasteiger partial charge in [-0.1, -0.05) is 6.07 Å². The highest BCUT2D eigenvalue weighted by Gasteiger charge is 2.64. The van der Waals surface area contributed by atoms with Crippen molar-refractivity contribution in [1.82, 2.24) is 10.4 Å². The van der Waals surface area contributed by atoms with Crippen LogP contribution in [0.15, 0.2) is 23.5 Å². The molecule has 0 bridgehead atoms. The molecular weight excluding hydrogens is 476 g/mol. The van der Waals surface area contributed by atoms with Crippen LogP contribution in [0.5, 0.6) is 5.75 Å². The van der Waals surface area contributed by atoms with Crippen LogP contribution in [-0.4, -0.2) is 86.4 Å². The number of hydroxylamine groups is 1. The third-order valence-corrected chi connectivity index (χ3v) is 7.45. The maximum Gasteiger partial charge on any atom is 0.255 e. The summed E-state index contributed by atoms with van der Waals surface area (Å²) in [6, 6.07) is 1.90. The Balaban J connectivity index is 1.82. The number of hydrogen-bond acceptors (Lipinski definition) is 11. The predicted molar refractivity (Wildman–Crippen MR) is 122 cm³/mol. The number of carbonyl (C=O) groups excluding carboxylic acids is 4. The molecule has 13 nitrogen and oxygen atoms in total. The van der Waals surface area contributed by atoms with Crippen LogP contribution in [0.1, 0.15) is 22.3 Å². The van der Waals surface area contributed by atoms with Gasteiger partial charge in [-0.3, -0.25) is 24.1 Å². The maximum atomic E-state index is 13.6. The molecule has 3 aliphatic carbocycles. The molecule has 5 atom stereocenters. The highest BCUT2D eigenvalue weighted by Crippen LogP contribution is 2.55. The number of nitrogens with zero attached hydrogens (tertiary/aromatic N) is 1. The highest BCUT2D eigenvalue weighted by atomic mass is 16.5. The summed E-state index contributed by atoms with van der Waals surface area (Å²) in [4.78, 5) is 52.0. The van der Waals surface area contributed by atoms with Crippen LogP contribution >= 0.6 is 0 Å². The van der Waals surface area contributed by atoms with Crippen molar-refractivity contribution in [3.8, 4) is 5.75 Å². The molecule has 1 aromatic rings. The van der Waals surface area contributed by atoms with Crippen molar-refractivity contribution in [2.75, 3.05) is 26.0 Å². The SMILES string of the molecule is CN(C)[C@@H]1C(=O)C(C(N)=O)=C(O)C2C1CC1Cc3ccc(NC(=O)CNO)c(O)c3C(=O)C1C2(O)O. The number of amides is 2. The first-order valence-corrected chi connectivity index (χ1v) is 11.3.